The van der Waals surface area contributed by atoms with E-state index in [4.69, 9.17) is 14.5 Å². The SMILES string of the molecule is C1=C(c2ccc3c(c2)C2(c4ccccc4O3)c3ccccc3-c3ccccc32)OC(C2N=C(c3ccccc3)NC(c3ccccc3)N2)C1. The fourth-order valence-electron chi connectivity index (χ4n) is 8.20. The largest absolute Gasteiger partial charge is 0.486 e. The third kappa shape index (κ3) is 4.32. The van der Waals surface area contributed by atoms with Crippen molar-refractivity contribution in [2.75, 3.05) is 0 Å². The first-order valence-corrected chi connectivity index (χ1v) is 17.0. The Kier molecular flexibility index (Phi) is 6.36. The van der Waals surface area contributed by atoms with Crippen LogP contribution in [0.25, 0.3) is 16.9 Å². The molecule has 0 saturated heterocycles. The molecule has 10 rings (SSSR count). The monoisotopic (exact) mass is 635 g/mol. The van der Waals surface area contributed by atoms with Crippen LogP contribution in [0.2, 0.25) is 0 Å². The van der Waals surface area contributed by atoms with Crippen LogP contribution in [-0.2, 0) is 10.2 Å². The lowest BCUT2D eigenvalue weighted by molar-refractivity contribution is 0.133. The normalized spacial score (nSPS) is 20.8. The zero-order valence-corrected chi connectivity index (χ0v) is 26.7. The average Bonchev–Trinajstić information content (AvgIpc) is 3.79. The van der Waals surface area contributed by atoms with Crippen LogP contribution < -0.4 is 15.4 Å². The quantitative estimate of drug-likeness (QED) is 0.203. The highest BCUT2D eigenvalue weighted by Crippen LogP contribution is 2.62. The van der Waals surface area contributed by atoms with E-state index in [9.17, 15) is 0 Å². The van der Waals surface area contributed by atoms with Gasteiger partial charge in [-0.2, -0.15) is 0 Å². The lowest BCUT2D eigenvalue weighted by Gasteiger charge is -2.39. The molecule has 4 aliphatic rings. The molecular formula is C44H33N3O2. The van der Waals surface area contributed by atoms with E-state index >= 15 is 0 Å². The summed E-state index contributed by atoms with van der Waals surface area (Å²) in [7, 11) is 0. The molecule has 1 spiro atoms. The standard InChI is InChI=1S/C44H33N3O2/c1-3-13-28(14-4-1)41-45-42(29-15-5-2-6-16-29)47-43(46-41)40-26-25-37(48-40)30-23-24-39-36(27-30)44(35-21-11-12-22-38(35)49-39)33-19-9-7-17-31(33)32-18-8-10-20-34(32)44/h1-25,27,40-41,43,46H,26H2,(H,45,47). The predicted molar refractivity (Wildman–Crippen MR) is 194 cm³/mol. The van der Waals surface area contributed by atoms with E-state index in [0.717, 1.165) is 57.3 Å². The van der Waals surface area contributed by atoms with E-state index in [1.165, 1.54) is 22.3 Å². The molecule has 0 bridgehead atoms. The summed E-state index contributed by atoms with van der Waals surface area (Å²) in [4.78, 5) is 5.16. The van der Waals surface area contributed by atoms with Gasteiger partial charge in [-0.3, -0.25) is 5.32 Å². The zero-order chi connectivity index (χ0) is 32.4. The Labute approximate surface area is 285 Å². The Morgan fingerprint density at radius 3 is 1.98 bits per heavy atom. The maximum absolute atomic E-state index is 6.83. The van der Waals surface area contributed by atoms with Crippen LogP contribution in [0.5, 0.6) is 11.5 Å². The molecule has 0 amide bonds. The second-order valence-electron chi connectivity index (χ2n) is 13.1. The number of hydrogen-bond donors (Lipinski definition) is 2. The van der Waals surface area contributed by atoms with Gasteiger partial charge in [-0.05, 0) is 58.2 Å². The van der Waals surface area contributed by atoms with Crippen LogP contribution in [0.1, 0.15) is 51.5 Å². The highest BCUT2D eigenvalue weighted by atomic mass is 16.5. The molecule has 6 aromatic rings. The number of amidine groups is 1. The van der Waals surface area contributed by atoms with Gasteiger partial charge in [0.25, 0.3) is 0 Å². The third-order valence-electron chi connectivity index (χ3n) is 10.4. The van der Waals surface area contributed by atoms with Crippen LogP contribution in [0.15, 0.2) is 163 Å². The maximum Gasteiger partial charge on any atom is 0.141 e. The first kappa shape index (κ1) is 28.1. The van der Waals surface area contributed by atoms with Gasteiger partial charge in [-0.15, -0.1) is 0 Å². The van der Waals surface area contributed by atoms with Crippen LogP contribution in [-0.4, -0.2) is 18.1 Å². The summed E-state index contributed by atoms with van der Waals surface area (Å²) >= 11 is 0. The topological polar surface area (TPSA) is 54.9 Å². The predicted octanol–water partition coefficient (Wildman–Crippen LogP) is 8.95. The molecule has 0 saturated carbocycles. The van der Waals surface area contributed by atoms with Gasteiger partial charge in [0.05, 0.1) is 5.41 Å². The highest BCUT2D eigenvalue weighted by Gasteiger charge is 2.51. The molecular weight excluding hydrogens is 603 g/mol. The van der Waals surface area contributed by atoms with Gasteiger partial charge in [0.2, 0.25) is 0 Å². The summed E-state index contributed by atoms with van der Waals surface area (Å²) in [6, 6.07) is 53.4. The van der Waals surface area contributed by atoms with Crippen LogP contribution in [0.3, 0.4) is 0 Å². The number of para-hydroxylation sites is 1. The van der Waals surface area contributed by atoms with Crippen LogP contribution in [0, 0.1) is 0 Å². The number of ether oxygens (including phenoxy) is 2. The number of nitrogens with one attached hydrogen (secondary N) is 2. The van der Waals surface area contributed by atoms with Crippen molar-refractivity contribution in [3.8, 4) is 22.6 Å². The summed E-state index contributed by atoms with van der Waals surface area (Å²) in [5, 5.41) is 7.35. The second-order valence-corrected chi connectivity index (χ2v) is 13.1. The molecule has 3 unspecified atom stereocenters. The van der Waals surface area contributed by atoms with Gasteiger partial charge < -0.3 is 14.8 Å². The molecule has 5 heteroatoms. The highest BCUT2D eigenvalue weighted by molar-refractivity contribution is 5.99. The van der Waals surface area contributed by atoms with Crippen molar-refractivity contribution in [3.05, 3.63) is 197 Å². The van der Waals surface area contributed by atoms with E-state index in [1.807, 2.05) is 24.3 Å². The number of fused-ring (bicyclic) bond motifs is 9. The minimum Gasteiger partial charge on any atom is -0.486 e. The smallest absolute Gasteiger partial charge is 0.141 e. The Morgan fingerprint density at radius 2 is 1.22 bits per heavy atom. The molecule has 236 valence electrons. The van der Waals surface area contributed by atoms with Gasteiger partial charge in [0.15, 0.2) is 0 Å². The average molecular weight is 636 g/mol. The van der Waals surface area contributed by atoms with Crippen molar-refractivity contribution in [1.29, 1.82) is 0 Å². The van der Waals surface area contributed by atoms with Crippen molar-refractivity contribution >= 4 is 11.6 Å². The maximum atomic E-state index is 6.83. The number of nitrogens with zero attached hydrogens (tertiary/aromatic N) is 1. The summed E-state index contributed by atoms with van der Waals surface area (Å²) in [5.74, 6) is 3.49. The molecule has 49 heavy (non-hydrogen) atoms. The summed E-state index contributed by atoms with van der Waals surface area (Å²) in [6.07, 6.45) is 2.44. The van der Waals surface area contributed by atoms with Gasteiger partial charge in [-0.25, -0.2) is 4.99 Å². The number of rotatable bonds is 4. The van der Waals surface area contributed by atoms with E-state index in [1.54, 1.807) is 0 Å². The van der Waals surface area contributed by atoms with E-state index in [-0.39, 0.29) is 18.4 Å². The van der Waals surface area contributed by atoms with Crippen molar-refractivity contribution in [3.63, 3.8) is 0 Å². The molecule has 5 nitrogen and oxygen atoms in total. The molecule has 2 N–H and O–H groups in total. The third-order valence-corrected chi connectivity index (χ3v) is 10.4. The number of aliphatic imine (C=N–C) groups is 1. The molecule has 1 aliphatic carbocycles. The summed E-state index contributed by atoms with van der Waals surface area (Å²) in [6.45, 7) is 0. The Hall–Kier alpha value is -5.91. The molecule has 3 heterocycles. The first-order valence-electron chi connectivity index (χ1n) is 17.0. The molecule has 6 aromatic carbocycles. The van der Waals surface area contributed by atoms with Gasteiger partial charge in [-0.1, -0.05) is 127 Å². The molecule has 3 aliphatic heterocycles. The Morgan fingerprint density at radius 1 is 0.592 bits per heavy atom. The fraction of sp³-hybridized carbons (Fsp3) is 0.114. The molecule has 0 radical (unpaired) electrons. The number of benzene rings is 6. The fourth-order valence-corrected chi connectivity index (χ4v) is 8.20. The van der Waals surface area contributed by atoms with Crippen molar-refractivity contribution in [2.24, 2.45) is 4.99 Å². The first-order chi connectivity index (χ1) is 24.3. The van der Waals surface area contributed by atoms with Crippen molar-refractivity contribution in [1.82, 2.24) is 10.6 Å². The van der Waals surface area contributed by atoms with E-state index in [2.05, 4.69) is 144 Å². The van der Waals surface area contributed by atoms with Crippen LogP contribution in [0.4, 0.5) is 0 Å². The van der Waals surface area contributed by atoms with Gasteiger partial charge in [0.1, 0.15) is 41.5 Å². The lowest BCUT2D eigenvalue weighted by Crippen LogP contribution is -2.52. The second kappa shape index (κ2) is 11.1. The summed E-state index contributed by atoms with van der Waals surface area (Å²) < 4.78 is 13.5. The molecule has 0 fully saturated rings. The summed E-state index contributed by atoms with van der Waals surface area (Å²) in [5.41, 5.74) is 10.1. The zero-order valence-electron chi connectivity index (χ0n) is 26.7. The van der Waals surface area contributed by atoms with Gasteiger partial charge >= 0.3 is 0 Å². The Bertz CT molecular complexity index is 2250. The minimum absolute atomic E-state index is 0.102. The molecule has 3 atom stereocenters. The van der Waals surface area contributed by atoms with Gasteiger partial charge in [0, 0.05) is 28.7 Å². The Balaban J connectivity index is 1.04. The lowest BCUT2D eigenvalue weighted by atomic mass is 9.66. The van der Waals surface area contributed by atoms with E-state index in [0.29, 0.717) is 0 Å². The van der Waals surface area contributed by atoms with Crippen molar-refractivity contribution in [2.45, 2.75) is 30.3 Å². The van der Waals surface area contributed by atoms with Crippen molar-refractivity contribution < 1.29 is 9.47 Å². The molecule has 0 aromatic heterocycles. The van der Waals surface area contributed by atoms with E-state index < -0.39 is 5.41 Å². The van der Waals surface area contributed by atoms with Crippen LogP contribution >= 0.6 is 0 Å². The number of hydrogen-bond acceptors (Lipinski definition) is 5. The minimum atomic E-state index is -0.514.